The fraction of sp³-hybridized carbons (Fsp3) is 0.273. The van der Waals surface area contributed by atoms with Gasteiger partial charge >= 0.3 is 0 Å². The number of rotatable bonds is 8. The highest BCUT2D eigenvalue weighted by molar-refractivity contribution is 14.0. The number of methoxy groups -OCH3 is 2. The second kappa shape index (κ2) is 12.1. The van der Waals surface area contributed by atoms with Crippen LogP contribution in [0.5, 0.6) is 11.5 Å². The topological polar surface area (TPSA) is 72.7 Å². The minimum absolute atomic E-state index is 0. The molecule has 2 N–H and O–H groups in total. The Morgan fingerprint density at radius 1 is 0.967 bits per heavy atom. The van der Waals surface area contributed by atoms with Crippen LogP contribution in [0.1, 0.15) is 16.7 Å². The fourth-order valence-electron chi connectivity index (χ4n) is 3.03. The molecule has 0 aliphatic heterocycles. The van der Waals surface area contributed by atoms with E-state index < -0.39 is 0 Å². The van der Waals surface area contributed by atoms with Crippen LogP contribution in [0.4, 0.5) is 0 Å². The predicted octanol–water partition coefficient (Wildman–Crippen LogP) is 3.43. The van der Waals surface area contributed by atoms with Crippen molar-refractivity contribution in [1.82, 2.24) is 20.4 Å². The summed E-state index contributed by atoms with van der Waals surface area (Å²) in [5, 5.41) is 11.0. The molecule has 0 aliphatic rings. The number of benzene rings is 2. The largest absolute Gasteiger partial charge is 0.497 e. The van der Waals surface area contributed by atoms with E-state index in [1.165, 1.54) is 11.1 Å². The summed E-state index contributed by atoms with van der Waals surface area (Å²) in [5.41, 5.74) is 3.44. The zero-order valence-electron chi connectivity index (χ0n) is 17.5. The maximum atomic E-state index is 5.46. The van der Waals surface area contributed by atoms with Crippen LogP contribution in [-0.2, 0) is 19.6 Å². The van der Waals surface area contributed by atoms with Crippen LogP contribution < -0.4 is 20.1 Å². The van der Waals surface area contributed by atoms with Crippen molar-refractivity contribution in [3.05, 3.63) is 77.6 Å². The first kappa shape index (κ1) is 23.5. The van der Waals surface area contributed by atoms with E-state index in [0.717, 1.165) is 29.6 Å². The summed E-state index contributed by atoms with van der Waals surface area (Å²) in [7, 11) is 5.06. The molecule has 0 bridgehead atoms. The maximum Gasteiger partial charge on any atom is 0.191 e. The normalized spacial score (nSPS) is 10.8. The van der Waals surface area contributed by atoms with Crippen LogP contribution in [0.3, 0.4) is 0 Å². The Balaban J connectivity index is 0.00000320. The molecule has 2 aromatic carbocycles. The van der Waals surface area contributed by atoms with Gasteiger partial charge in [0.15, 0.2) is 5.96 Å². The Bertz CT molecular complexity index is 944. The summed E-state index contributed by atoms with van der Waals surface area (Å²) >= 11 is 0. The predicted molar refractivity (Wildman–Crippen MR) is 130 cm³/mol. The van der Waals surface area contributed by atoms with E-state index in [0.29, 0.717) is 13.1 Å². The third-order valence-corrected chi connectivity index (χ3v) is 4.62. The van der Waals surface area contributed by atoms with Gasteiger partial charge in [-0.3, -0.25) is 9.67 Å². The molecule has 1 aromatic heterocycles. The highest BCUT2D eigenvalue weighted by Crippen LogP contribution is 2.24. The van der Waals surface area contributed by atoms with Gasteiger partial charge in [0.1, 0.15) is 11.5 Å². The molecule has 8 heteroatoms. The number of ether oxygens (including phenoxy) is 2. The van der Waals surface area contributed by atoms with Gasteiger partial charge in [0.2, 0.25) is 0 Å². The monoisotopic (exact) mass is 521 g/mol. The third kappa shape index (κ3) is 6.38. The lowest BCUT2D eigenvalue weighted by Crippen LogP contribution is -2.36. The van der Waals surface area contributed by atoms with Crippen molar-refractivity contribution < 1.29 is 9.47 Å². The number of nitrogens with zero attached hydrogens (tertiary/aromatic N) is 3. The van der Waals surface area contributed by atoms with E-state index in [4.69, 9.17) is 9.47 Å². The van der Waals surface area contributed by atoms with Gasteiger partial charge in [0, 0.05) is 44.2 Å². The van der Waals surface area contributed by atoms with Gasteiger partial charge in [0.25, 0.3) is 0 Å². The molecule has 0 fully saturated rings. The van der Waals surface area contributed by atoms with Crippen LogP contribution in [0.2, 0.25) is 0 Å². The molecule has 0 amide bonds. The number of halogens is 1. The first-order valence-electron chi connectivity index (χ1n) is 9.43. The lowest BCUT2D eigenvalue weighted by atomic mass is 10.1. The zero-order chi connectivity index (χ0) is 20.5. The van der Waals surface area contributed by atoms with Gasteiger partial charge in [0.05, 0.1) is 20.8 Å². The average Bonchev–Trinajstić information content (AvgIpc) is 3.28. The van der Waals surface area contributed by atoms with E-state index in [1.807, 2.05) is 47.3 Å². The second-order valence-corrected chi connectivity index (χ2v) is 6.43. The fourth-order valence-corrected chi connectivity index (χ4v) is 3.03. The quantitative estimate of drug-likeness (QED) is 0.270. The average molecular weight is 521 g/mol. The van der Waals surface area contributed by atoms with Gasteiger partial charge in [-0.15, -0.1) is 24.0 Å². The molecule has 3 rings (SSSR count). The molecule has 0 atom stereocenters. The Hall–Kier alpha value is -2.75. The van der Waals surface area contributed by atoms with Crippen LogP contribution in [0, 0.1) is 0 Å². The standard InChI is InChI=1S/C22H27N5O2.HI/c1-23-22(25-15-18-9-10-20(28-2)13-21(18)29-3)24-14-17-7-4-5-8-19(17)16-27-12-6-11-26-27;/h4-13H,14-16H2,1-3H3,(H2,23,24,25);1H. The smallest absolute Gasteiger partial charge is 0.191 e. The summed E-state index contributed by atoms with van der Waals surface area (Å²) in [6.45, 7) is 1.98. The third-order valence-electron chi connectivity index (χ3n) is 4.62. The van der Waals surface area contributed by atoms with E-state index >= 15 is 0 Å². The minimum atomic E-state index is 0. The zero-order valence-corrected chi connectivity index (χ0v) is 19.8. The SMILES string of the molecule is CN=C(NCc1ccccc1Cn1cccn1)NCc1ccc(OC)cc1OC.I. The van der Waals surface area contributed by atoms with Crippen LogP contribution in [-0.4, -0.2) is 37.0 Å². The highest BCUT2D eigenvalue weighted by Gasteiger charge is 2.08. The summed E-state index contributed by atoms with van der Waals surface area (Å²) in [5.74, 6) is 2.26. The van der Waals surface area contributed by atoms with Crippen molar-refractivity contribution in [2.75, 3.05) is 21.3 Å². The molecule has 0 spiro atoms. The van der Waals surface area contributed by atoms with Crippen LogP contribution in [0.25, 0.3) is 0 Å². The van der Waals surface area contributed by atoms with E-state index in [1.54, 1.807) is 27.5 Å². The highest BCUT2D eigenvalue weighted by atomic mass is 127. The number of guanidine groups is 1. The van der Waals surface area contributed by atoms with Crippen LogP contribution in [0.15, 0.2) is 65.9 Å². The molecule has 0 saturated heterocycles. The molecule has 0 radical (unpaired) electrons. The Morgan fingerprint density at radius 2 is 1.70 bits per heavy atom. The molecule has 3 aromatic rings. The number of aromatic nitrogens is 2. The molecule has 0 aliphatic carbocycles. The molecular weight excluding hydrogens is 493 g/mol. The van der Waals surface area contributed by atoms with E-state index in [-0.39, 0.29) is 24.0 Å². The molecule has 30 heavy (non-hydrogen) atoms. The lowest BCUT2D eigenvalue weighted by Gasteiger charge is -2.16. The van der Waals surface area contributed by atoms with E-state index in [2.05, 4.69) is 32.9 Å². The molecule has 1 heterocycles. The van der Waals surface area contributed by atoms with E-state index in [9.17, 15) is 0 Å². The Morgan fingerprint density at radius 3 is 2.33 bits per heavy atom. The van der Waals surface area contributed by atoms with Crippen molar-refractivity contribution >= 4 is 29.9 Å². The Labute approximate surface area is 194 Å². The molecule has 0 unspecified atom stereocenters. The van der Waals surface area contributed by atoms with Gasteiger partial charge < -0.3 is 20.1 Å². The van der Waals surface area contributed by atoms with Crippen molar-refractivity contribution in [3.63, 3.8) is 0 Å². The van der Waals surface area contributed by atoms with Crippen molar-refractivity contribution in [1.29, 1.82) is 0 Å². The maximum absolute atomic E-state index is 5.46. The summed E-state index contributed by atoms with van der Waals surface area (Å²) in [6.07, 6.45) is 3.76. The molecule has 7 nitrogen and oxygen atoms in total. The summed E-state index contributed by atoms with van der Waals surface area (Å²) in [6, 6.07) is 16.0. The summed E-state index contributed by atoms with van der Waals surface area (Å²) in [4.78, 5) is 4.32. The number of nitrogens with one attached hydrogen (secondary N) is 2. The number of hydrogen-bond donors (Lipinski definition) is 2. The van der Waals surface area contributed by atoms with Crippen molar-refractivity contribution in [3.8, 4) is 11.5 Å². The summed E-state index contributed by atoms with van der Waals surface area (Å²) < 4.78 is 12.6. The van der Waals surface area contributed by atoms with Gasteiger partial charge in [-0.1, -0.05) is 24.3 Å². The first-order valence-corrected chi connectivity index (χ1v) is 9.43. The van der Waals surface area contributed by atoms with Gasteiger partial charge in [-0.25, -0.2) is 0 Å². The second-order valence-electron chi connectivity index (χ2n) is 6.43. The molecule has 160 valence electrons. The first-order chi connectivity index (χ1) is 14.2. The van der Waals surface area contributed by atoms with Gasteiger partial charge in [-0.2, -0.15) is 5.10 Å². The number of hydrogen-bond acceptors (Lipinski definition) is 4. The molecule has 0 saturated carbocycles. The van der Waals surface area contributed by atoms with Crippen molar-refractivity contribution in [2.24, 2.45) is 4.99 Å². The number of aliphatic imine (C=N–C) groups is 1. The Kier molecular flexibility index (Phi) is 9.46. The van der Waals surface area contributed by atoms with Gasteiger partial charge in [-0.05, 0) is 29.3 Å². The molecular formula is C22H28IN5O2. The van der Waals surface area contributed by atoms with Crippen molar-refractivity contribution in [2.45, 2.75) is 19.6 Å². The lowest BCUT2D eigenvalue weighted by molar-refractivity contribution is 0.390. The van der Waals surface area contributed by atoms with Crippen LogP contribution >= 0.6 is 24.0 Å². The minimum Gasteiger partial charge on any atom is -0.497 e.